The molecule has 0 radical (unpaired) electrons. The van der Waals surface area contributed by atoms with E-state index in [1.165, 1.54) is 10.9 Å². The quantitative estimate of drug-likeness (QED) is 0.893. The number of nitrogens with zero attached hydrogens (tertiary/aromatic N) is 4. The van der Waals surface area contributed by atoms with Crippen molar-refractivity contribution >= 4 is 17.4 Å². The third-order valence-corrected chi connectivity index (χ3v) is 4.72. The normalized spacial score (nSPS) is 20.7. The van der Waals surface area contributed by atoms with Crippen molar-refractivity contribution in [2.75, 3.05) is 24.6 Å². The van der Waals surface area contributed by atoms with Crippen LogP contribution in [-0.2, 0) is 4.79 Å². The van der Waals surface area contributed by atoms with Crippen molar-refractivity contribution in [3.05, 3.63) is 36.0 Å². The topological polar surface area (TPSA) is 100.0 Å². The molecule has 0 bridgehead atoms. The summed E-state index contributed by atoms with van der Waals surface area (Å²) in [6.07, 6.45) is 2.26. The van der Waals surface area contributed by atoms with Crippen LogP contribution in [0.2, 0.25) is 0 Å². The smallest absolute Gasteiger partial charge is 0.229 e. The van der Waals surface area contributed by atoms with Crippen molar-refractivity contribution in [1.29, 1.82) is 5.26 Å². The van der Waals surface area contributed by atoms with Gasteiger partial charge < -0.3 is 16.0 Å². The lowest BCUT2D eigenvalue weighted by molar-refractivity contribution is -0.120. The molecule has 0 aliphatic carbocycles. The van der Waals surface area contributed by atoms with Crippen LogP contribution in [0.15, 0.2) is 30.5 Å². The number of hydrogen-bond acceptors (Lipinski definition) is 5. The summed E-state index contributed by atoms with van der Waals surface area (Å²) in [5.74, 6) is 0.200. The third-order valence-electron chi connectivity index (χ3n) is 4.72. The van der Waals surface area contributed by atoms with Crippen LogP contribution in [0.25, 0.3) is 5.69 Å². The summed E-state index contributed by atoms with van der Waals surface area (Å²) in [5, 5.41) is 16.2. The highest BCUT2D eigenvalue weighted by Crippen LogP contribution is 2.27. The number of hydrogen-bond donors (Lipinski definition) is 2. The Labute approximate surface area is 140 Å². The van der Waals surface area contributed by atoms with E-state index in [-0.39, 0.29) is 23.7 Å². The van der Waals surface area contributed by atoms with E-state index in [0.717, 1.165) is 13.0 Å². The van der Waals surface area contributed by atoms with Crippen LogP contribution in [0.5, 0.6) is 0 Å². The number of amides is 1. The van der Waals surface area contributed by atoms with Crippen molar-refractivity contribution < 1.29 is 4.79 Å². The number of anilines is 2. The Balaban J connectivity index is 1.89. The van der Waals surface area contributed by atoms with Gasteiger partial charge in [-0.25, -0.2) is 4.68 Å². The van der Waals surface area contributed by atoms with Crippen molar-refractivity contribution in [2.45, 2.75) is 19.4 Å². The average Bonchev–Trinajstić information content (AvgIpc) is 3.11. The van der Waals surface area contributed by atoms with Gasteiger partial charge in [0.1, 0.15) is 17.5 Å². The number of nitrogen functional groups attached to an aromatic ring is 1. The maximum atomic E-state index is 12.6. The van der Waals surface area contributed by atoms with Gasteiger partial charge in [-0.2, -0.15) is 10.4 Å². The van der Waals surface area contributed by atoms with E-state index in [2.05, 4.69) is 22.2 Å². The van der Waals surface area contributed by atoms with E-state index >= 15 is 0 Å². The van der Waals surface area contributed by atoms with Crippen LogP contribution in [0.1, 0.15) is 18.9 Å². The second-order valence-corrected chi connectivity index (χ2v) is 6.09. The summed E-state index contributed by atoms with van der Waals surface area (Å²) < 4.78 is 1.47. The Kier molecular flexibility index (Phi) is 4.23. The Morgan fingerprint density at radius 2 is 2.21 bits per heavy atom. The molecule has 2 aromatic rings. The fourth-order valence-electron chi connectivity index (χ4n) is 3.07. The van der Waals surface area contributed by atoms with E-state index < -0.39 is 0 Å². The summed E-state index contributed by atoms with van der Waals surface area (Å²) in [7, 11) is 2.03. The highest BCUT2D eigenvalue weighted by atomic mass is 16.2. The van der Waals surface area contributed by atoms with E-state index in [9.17, 15) is 4.79 Å². The van der Waals surface area contributed by atoms with Crippen molar-refractivity contribution in [1.82, 2.24) is 14.7 Å². The number of carbonyl (C=O) groups is 1. The summed E-state index contributed by atoms with van der Waals surface area (Å²) in [4.78, 5) is 14.8. The molecule has 1 amide bonds. The van der Waals surface area contributed by atoms with Crippen LogP contribution in [0, 0.1) is 17.2 Å². The predicted molar refractivity (Wildman–Crippen MR) is 91.5 cm³/mol. The molecule has 7 heteroatoms. The minimum absolute atomic E-state index is 0.00876. The fraction of sp³-hybridized carbons (Fsp3) is 0.353. The summed E-state index contributed by atoms with van der Waals surface area (Å²) in [6, 6.07) is 9.50. The second-order valence-electron chi connectivity index (χ2n) is 6.09. The van der Waals surface area contributed by atoms with Crippen LogP contribution in [0.4, 0.5) is 11.5 Å². The first kappa shape index (κ1) is 16.0. The monoisotopic (exact) mass is 324 g/mol. The number of likely N-dealkylation sites (tertiary alicyclic amines) is 1. The molecule has 1 saturated heterocycles. The molecule has 24 heavy (non-hydrogen) atoms. The van der Waals surface area contributed by atoms with Crippen LogP contribution in [-0.4, -0.2) is 40.2 Å². The van der Waals surface area contributed by atoms with Gasteiger partial charge in [0.05, 0.1) is 23.5 Å². The first-order chi connectivity index (χ1) is 11.5. The molecule has 0 spiro atoms. The van der Waals surface area contributed by atoms with Crippen molar-refractivity contribution in [3.8, 4) is 11.8 Å². The molecule has 3 rings (SSSR count). The van der Waals surface area contributed by atoms with E-state index in [1.807, 2.05) is 37.4 Å². The number of para-hydroxylation sites is 2. The number of carbonyl (C=O) groups excluding carboxylic acids is 1. The number of nitrogens with two attached hydrogens (primary N) is 1. The number of benzene rings is 1. The predicted octanol–water partition coefficient (Wildman–Crippen LogP) is 1.60. The van der Waals surface area contributed by atoms with Crippen LogP contribution < -0.4 is 11.1 Å². The molecule has 1 aromatic carbocycles. The average molecular weight is 324 g/mol. The molecule has 7 nitrogen and oxygen atoms in total. The molecule has 0 unspecified atom stereocenters. The summed E-state index contributed by atoms with van der Waals surface area (Å²) in [6.45, 7) is 2.98. The SMILES string of the molecule is C[C@@H]1[C@H](C(=O)Nc2ccccc2-n2ncc(C#N)c2N)CCN1C. The molecule has 2 heterocycles. The molecule has 124 valence electrons. The van der Waals surface area contributed by atoms with Crippen LogP contribution in [0.3, 0.4) is 0 Å². The Morgan fingerprint density at radius 1 is 1.46 bits per heavy atom. The first-order valence-electron chi connectivity index (χ1n) is 7.87. The summed E-state index contributed by atoms with van der Waals surface area (Å²) in [5.41, 5.74) is 7.54. The minimum Gasteiger partial charge on any atom is -0.382 e. The molecule has 2 atom stereocenters. The van der Waals surface area contributed by atoms with Gasteiger partial charge in [0.15, 0.2) is 0 Å². The highest BCUT2D eigenvalue weighted by molar-refractivity contribution is 5.95. The molecule has 1 aromatic heterocycles. The van der Waals surface area contributed by atoms with Gasteiger partial charge in [0.2, 0.25) is 5.91 Å². The van der Waals surface area contributed by atoms with Gasteiger partial charge in [-0.15, -0.1) is 0 Å². The number of nitriles is 1. The molecule has 1 aliphatic heterocycles. The number of rotatable bonds is 3. The van der Waals surface area contributed by atoms with Crippen molar-refractivity contribution in [3.63, 3.8) is 0 Å². The van der Waals surface area contributed by atoms with Gasteiger partial charge in [-0.05, 0) is 39.1 Å². The third kappa shape index (κ3) is 2.72. The van der Waals surface area contributed by atoms with E-state index in [1.54, 1.807) is 0 Å². The van der Waals surface area contributed by atoms with Gasteiger partial charge >= 0.3 is 0 Å². The Bertz CT molecular complexity index is 806. The summed E-state index contributed by atoms with van der Waals surface area (Å²) >= 11 is 0. The lowest BCUT2D eigenvalue weighted by atomic mass is 10.0. The zero-order valence-electron chi connectivity index (χ0n) is 13.7. The largest absolute Gasteiger partial charge is 0.382 e. The molecule has 3 N–H and O–H groups in total. The maximum Gasteiger partial charge on any atom is 0.229 e. The molecular formula is C17H20N6O. The van der Waals surface area contributed by atoms with Gasteiger partial charge in [-0.3, -0.25) is 4.79 Å². The van der Waals surface area contributed by atoms with Gasteiger partial charge in [-0.1, -0.05) is 12.1 Å². The lowest BCUT2D eigenvalue weighted by Gasteiger charge is -2.20. The Hall–Kier alpha value is -2.85. The van der Waals surface area contributed by atoms with Gasteiger partial charge in [0.25, 0.3) is 0 Å². The highest BCUT2D eigenvalue weighted by Gasteiger charge is 2.33. The molecule has 1 aliphatic rings. The zero-order chi connectivity index (χ0) is 17.3. The van der Waals surface area contributed by atoms with Gasteiger partial charge in [0, 0.05) is 6.04 Å². The number of aromatic nitrogens is 2. The van der Waals surface area contributed by atoms with E-state index in [4.69, 9.17) is 11.0 Å². The maximum absolute atomic E-state index is 12.6. The minimum atomic E-state index is -0.0484. The van der Waals surface area contributed by atoms with Crippen LogP contribution >= 0.6 is 0 Å². The molecule has 0 saturated carbocycles. The fourth-order valence-corrected chi connectivity index (χ4v) is 3.07. The van der Waals surface area contributed by atoms with Crippen molar-refractivity contribution in [2.24, 2.45) is 5.92 Å². The number of nitrogens with one attached hydrogen (secondary N) is 1. The lowest BCUT2D eigenvalue weighted by Crippen LogP contribution is -2.33. The second kappa shape index (κ2) is 6.34. The molecular weight excluding hydrogens is 304 g/mol. The molecule has 1 fully saturated rings. The van der Waals surface area contributed by atoms with E-state index in [0.29, 0.717) is 16.9 Å². The standard InChI is InChI=1S/C17H20N6O/c1-11-13(7-8-22(11)2)17(24)21-14-5-3-4-6-15(14)23-16(19)12(9-18)10-20-23/h3-6,10-11,13H,7-8,19H2,1-2H3,(H,21,24)/t11-,13-/m1/s1. The zero-order valence-corrected chi connectivity index (χ0v) is 13.7. The Morgan fingerprint density at radius 3 is 2.83 bits per heavy atom. The first-order valence-corrected chi connectivity index (χ1v) is 7.87.